The molecule has 11 heteroatoms. The van der Waals surface area contributed by atoms with Crippen molar-refractivity contribution < 1.29 is 25.3 Å². The van der Waals surface area contributed by atoms with Crippen LogP contribution in [0.5, 0.6) is 0 Å². The van der Waals surface area contributed by atoms with Crippen molar-refractivity contribution in [3.05, 3.63) is 29.3 Å². The summed E-state index contributed by atoms with van der Waals surface area (Å²) in [6, 6.07) is 3.62. The number of aryl methyl sites for hydroxylation is 2. The fourth-order valence-corrected chi connectivity index (χ4v) is 8.84. The highest BCUT2D eigenvalue weighted by molar-refractivity contribution is 7.92. The first-order valence-corrected chi connectivity index (χ1v) is 13.8. The van der Waals surface area contributed by atoms with Crippen molar-refractivity contribution in [2.75, 3.05) is 23.0 Å². The van der Waals surface area contributed by atoms with Crippen LogP contribution >= 0.6 is 0 Å². The molecule has 2 saturated heterocycles. The van der Waals surface area contributed by atoms with Crippen LogP contribution in [0.2, 0.25) is 0 Å². The van der Waals surface area contributed by atoms with E-state index in [9.17, 15) is 25.3 Å². The van der Waals surface area contributed by atoms with E-state index < -0.39 is 41.8 Å². The molecule has 152 valence electrons. The molecule has 0 spiro atoms. The number of rotatable bonds is 5. The van der Waals surface area contributed by atoms with Gasteiger partial charge in [-0.15, -0.1) is 4.41 Å². The summed E-state index contributed by atoms with van der Waals surface area (Å²) in [4.78, 5) is 0.0887. The van der Waals surface area contributed by atoms with E-state index in [4.69, 9.17) is 0 Å². The Hall–Kier alpha value is -1.01. The normalized spacial score (nSPS) is 27.2. The van der Waals surface area contributed by atoms with Crippen molar-refractivity contribution >= 4 is 29.7 Å². The number of benzene rings is 1. The highest BCUT2D eigenvalue weighted by atomic mass is 32.2. The molecule has 0 amide bonds. The van der Waals surface area contributed by atoms with Gasteiger partial charge in [-0.1, -0.05) is 17.7 Å². The SMILES string of the molecule is Cc1ccc(S(=O)(=O)N(N[C@@H]2CCS(=O)(=O)C2)[C@H]2CCS(=O)(=O)C2)c(C)c1. The number of nitrogens with zero attached hydrogens (tertiary/aromatic N) is 1. The zero-order valence-electron chi connectivity index (χ0n) is 15.3. The van der Waals surface area contributed by atoms with Crippen molar-refractivity contribution in [2.24, 2.45) is 0 Å². The van der Waals surface area contributed by atoms with E-state index in [0.717, 1.165) is 9.98 Å². The second-order valence-corrected chi connectivity index (χ2v) is 13.6. The fraction of sp³-hybridized carbons (Fsp3) is 0.625. The predicted molar refractivity (Wildman–Crippen MR) is 102 cm³/mol. The Kier molecular flexibility index (Phi) is 5.45. The second-order valence-electron chi connectivity index (χ2n) is 7.36. The lowest BCUT2D eigenvalue weighted by atomic mass is 10.2. The van der Waals surface area contributed by atoms with E-state index in [1.165, 1.54) is 6.07 Å². The van der Waals surface area contributed by atoms with Crippen molar-refractivity contribution in [1.29, 1.82) is 0 Å². The van der Waals surface area contributed by atoms with Gasteiger partial charge in [-0.3, -0.25) is 0 Å². The summed E-state index contributed by atoms with van der Waals surface area (Å²) in [5.74, 6) is -0.527. The number of hydrazine groups is 1. The highest BCUT2D eigenvalue weighted by Gasteiger charge is 2.42. The van der Waals surface area contributed by atoms with Gasteiger partial charge in [0.2, 0.25) is 0 Å². The van der Waals surface area contributed by atoms with Gasteiger partial charge in [-0.2, -0.15) is 0 Å². The van der Waals surface area contributed by atoms with Crippen LogP contribution in [0.3, 0.4) is 0 Å². The molecule has 0 unspecified atom stereocenters. The maximum Gasteiger partial charge on any atom is 0.256 e. The van der Waals surface area contributed by atoms with Gasteiger partial charge in [-0.05, 0) is 38.3 Å². The van der Waals surface area contributed by atoms with Crippen molar-refractivity contribution in [3.8, 4) is 0 Å². The van der Waals surface area contributed by atoms with Gasteiger partial charge in [0.25, 0.3) is 10.0 Å². The molecule has 27 heavy (non-hydrogen) atoms. The molecule has 0 aromatic heterocycles. The molecule has 2 atom stereocenters. The largest absolute Gasteiger partial charge is 0.256 e. The number of hydrogen-bond acceptors (Lipinski definition) is 7. The summed E-state index contributed by atoms with van der Waals surface area (Å²) in [5.41, 5.74) is 4.30. The maximum atomic E-state index is 13.3. The van der Waals surface area contributed by atoms with E-state index in [0.29, 0.717) is 12.0 Å². The Morgan fingerprint density at radius 2 is 1.63 bits per heavy atom. The number of sulfonamides is 1. The summed E-state index contributed by atoms with van der Waals surface area (Å²) in [5, 5.41) is 0. The van der Waals surface area contributed by atoms with Crippen LogP contribution in [0.4, 0.5) is 0 Å². The molecular formula is C16H24N2O6S3. The van der Waals surface area contributed by atoms with Gasteiger partial charge in [0.15, 0.2) is 19.7 Å². The summed E-state index contributed by atoms with van der Waals surface area (Å²) in [7, 11) is -10.6. The smallest absolute Gasteiger partial charge is 0.237 e. The Morgan fingerprint density at radius 3 is 2.15 bits per heavy atom. The van der Waals surface area contributed by atoms with Gasteiger partial charge >= 0.3 is 0 Å². The highest BCUT2D eigenvalue weighted by Crippen LogP contribution is 2.27. The zero-order chi connectivity index (χ0) is 20.0. The molecular weight excluding hydrogens is 412 g/mol. The average Bonchev–Trinajstić information content (AvgIpc) is 3.05. The minimum atomic E-state index is -4.04. The van der Waals surface area contributed by atoms with Gasteiger partial charge in [0.1, 0.15) is 0 Å². The van der Waals surface area contributed by atoms with Gasteiger partial charge in [-0.25, -0.2) is 30.7 Å². The molecule has 8 nitrogen and oxygen atoms in total. The first-order valence-electron chi connectivity index (χ1n) is 8.68. The molecule has 0 radical (unpaired) electrons. The first-order chi connectivity index (χ1) is 12.4. The Balaban J connectivity index is 1.98. The lowest BCUT2D eigenvalue weighted by Gasteiger charge is -2.31. The number of nitrogens with one attached hydrogen (secondary N) is 1. The molecule has 0 aliphatic carbocycles. The Labute approximate surface area is 160 Å². The molecule has 1 aromatic rings. The van der Waals surface area contributed by atoms with E-state index in [2.05, 4.69) is 5.43 Å². The molecule has 3 rings (SSSR count). The fourth-order valence-electron chi connectivity index (χ4n) is 3.60. The van der Waals surface area contributed by atoms with Crippen LogP contribution in [0.1, 0.15) is 24.0 Å². The third-order valence-corrected chi connectivity index (χ3v) is 10.4. The summed E-state index contributed by atoms with van der Waals surface area (Å²) in [6.45, 7) is 3.54. The number of hydrogen-bond donors (Lipinski definition) is 1. The molecule has 2 fully saturated rings. The monoisotopic (exact) mass is 436 g/mol. The van der Waals surface area contributed by atoms with Crippen LogP contribution in [-0.4, -0.2) is 64.8 Å². The van der Waals surface area contributed by atoms with Crippen molar-refractivity contribution in [1.82, 2.24) is 9.84 Å². The van der Waals surface area contributed by atoms with E-state index >= 15 is 0 Å². The maximum absolute atomic E-state index is 13.3. The van der Waals surface area contributed by atoms with Crippen LogP contribution in [0.25, 0.3) is 0 Å². The molecule has 2 aliphatic heterocycles. The lowest BCUT2D eigenvalue weighted by molar-refractivity contribution is 0.229. The van der Waals surface area contributed by atoms with Gasteiger partial charge in [0.05, 0.1) is 33.9 Å². The predicted octanol–water partition coefficient (Wildman–Crippen LogP) is 0.173. The Morgan fingerprint density at radius 1 is 1.00 bits per heavy atom. The first kappa shape index (κ1) is 20.7. The van der Waals surface area contributed by atoms with Crippen molar-refractivity contribution in [3.63, 3.8) is 0 Å². The summed E-state index contributed by atoms with van der Waals surface area (Å²) < 4.78 is 75.0. The minimum absolute atomic E-state index is 0.00885. The van der Waals surface area contributed by atoms with Crippen LogP contribution in [0, 0.1) is 13.8 Å². The Bertz CT molecular complexity index is 1050. The molecule has 1 N–H and O–H groups in total. The molecule has 0 bridgehead atoms. The zero-order valence-corrected chi connectivity index (χ0v) is 17.7. The summed E-state index contributed by atoms with van der Waals surface area (Å²) >= 11 is 0. The quantitative estimate of drug-likeness (QED) is 0.654. The number of sulfone groups is 2. The minimum Gasteiger partial charge on any atom is -0.237 e. The topological polar surface area (TPSA) is 118 Å². The second kappa shape index (κ2) is 7.11. The molecule has 2 heterocycles. The van der Waals surface area contributed by atoms with E-state index in [1.54, 1.807) is 19.1 Å². The molecule has 2 aliphatic rings. The van der Waals surface area contributed by atoms with E-state index in [-0.39, 0.29) is 34.3 Å². The third-order valence-electron chi connectivity index (χ3n) is 4.95. The van der Waals surface area contributed by atoms with Gasteiger partial charge in [0, 0.05) is 6.04 Å². The van der Waals surface area contributed by atoms with Crippen LogP contribution in [0.15, 0.2) is 23.1 Å². The van der Waals surface area contributed by atoms with Crippen LogP contribution in [-0.2, 0) is 29.7 Å². The van der Waals surface area contributed by atoms with Gasteiger partial charge < -0.3 is 0 Å². The van der Waals surface area contributed by atoms with E-state index in [1.807, 2.05) is 6.92 Å². The molecule has 1 aromatic carbocycles. The summed E-state index contributed by atoms with van der Waals surface area (Å²) in [6.07, 6.45) is 0.472. The average molecular weight is 437 g/mol. The lowest BCUT2D eigenvalue weighted by Crippen LogP contribution is -2.54. The molecule has 0 saturated carbocycles. The third kappa shape index (κ3) is 4.53. The van der Waals surface area contributed by atoms with Crippen molar-refractivity contribution in [2.45, 2.75) is 43.7 Å². The standard InChI is InChI=1S/C16H24N2O6S3/c1-12-3-4-16(13(2)9-12)27(23,24)18(15-6-8-26(21,22)11-15)17-14-5-7-25(19,20)10-14/h3-4,9,14-15,17H,5-8,10-11H2,1-2H3/t14-,15+/m1/s1. The van der Waals surface area contributed by atoms with Crippen LogP contribution < -0.4 is 5.43 Å².